The van der Waals surface area contributed by atoms with Crippen molar-refractivity contribution in [1.82, 2.24) is 10.2 Å². The minimum Gasteiger partial charge on any atom is -0.352 e. The van der Waals surface area contributed by atoms with Crippen molar-refractivity contribution < 1.29 is 18.0 Å². The highest BCUT2D eigenvalue weighted by atomic mass is 35.5. The van der Waals surface area contributed by atoms with Crippen LogP contribution in [0.3, 0.4) is 0 Å². The van der Waals surface area contributed by atoms with Gasteiger partial charge in [0, 0.05) is 27.7 Å². The smallest absolute Gasteiger partial charge is 0.244 e. The molecule has 0 radical (unpaired) electrons. The molecule has 0 bridgehead atoms. The summed E-state index contributed by atoms with van der Waals surface area (Å²) in [6, 6.07) is 10.4. The molecule has 0 aromatic heterocycles. The van der Waals surface area contributed by atoms with Crippen molar-refractivity contribution >= 4 is 62.3 Å². The molecule has 2 aromatic carbocycles. The Labute approximate surface area is 227 Å². The molecule has 0 aliphatic heterocycles. The van der Waals surface area contributed by atoms with Crippen molar-refractivity contribution in [3.05, 3.63) is 63.1 Å². The number of amides is 2. The molecule has 2 amide bonds. The first-order valence-corrected chi connectivity index (χ1v) is 14.7. The lowest BCUT2D eigenvalue weighted by molar-refractivity contribution is -0.140. The van der Waals surface area contributed by atoms with Gasteiger partial charge in [0.15, 0.2) is 0 Å². The van der Waals surface area contributed by atoms with Gasteiger partial charge in [0.2, 0.25) is 21.8 Å². The molecular weight excluding hydrogens is 545 g/mol. The molecule has 7 nitrogen and oxygen atoms in total. The van der Waals surface area contributed by atoms with E-state index in [1.165, 1.54) is 11.0 Å². The lowest BCUT2D eigenvalue weighted by atomic mass is 10.1. The third kappa shape index (κ3) is 7.51. The third-order valence-electron chi connectivity index (χ3n) is 6.22. The number of rotatable bonds is 10. The largest absolute Gasteiger partial charge is 0.352 e. The predicted molar refractivity (Wildman–Crippen MR) is 145 cm³/mol. The van der Waals surface area contributed by atoms with Crippen LogP contribution in [0.4, 0.5) is 5.69 Å². The molecule has 0 saturated heterocycles. The molecule has 1 fully saturated rings. The van der Waals surface area contributed by atoms with E-state index < -0.39 is 28.5 Å². The van der Waals surface area contributed by atoms with Crippen LogP contribution in [0.2, 0.25) is 15.1 Å². The van der Waals surface area contributed by atoms with Crippen LogP contribution in [0, 0.1) is 0 Å². The van der Waals surface area contributed by atoms with Crippen molar-refractivity contribution in [2.75, 3.05) is 17.1 Å². The third-order valence-corrected chi connectivity index (χ3v) is 8.18. The van der Waals surface area contributed by atoms with E-state index >= 15 is 0 Å². The highest BCUT2D eigenvalue weighted by Crippen LogP contribution is 2.26. The number of nitrogens with zero attached hydrogens (tertiary/aromatic N) is 2. The van der Waals surface area contributed by atoms with Crippen LogP contribution in [0.25, 0.3) is 0 Å². The number of anilines is 1. The summed E-state index contributed by atoms with van der Waals surface area (Å²) in [5.41, 5.74) is 0.849. The first kappa shape index (κ1) is 28.6. The molecule has 11 heteroatoms. The van der Waals surface area contributed by atoms with E-state index in [0.717, 1.165) is 36.2 Å². The minimum absolute atomic E-state index is 0.0125. The Bertz CT molecular complexity index is 1200. The second kappa shape index (κ2) is 12.5. The fourth-order valence-corrected chi connectivity index (χ4v) is 5.86. The fraction of sp³-hybridized carbons (Fsp3) is 0.440. The van der Waals surface area contributed by atoms with Crippen LogP contribution in [0.15, 0.2) is 42.5 Å². The number of halogens is 3. The Morgan fingerprint density at radius 2 is 1.72 bits per heavy atom. The predicted octanol–water partition coefficient (Wildman–Crippen LogP) is 5.28. The van der Waals surface area contributed by atoms with Crippen LogP contribution < -0.4 is 9.62 Å². The van der Waals surface area contributed by atoms with Gasteiger partial charge in [0.05, 0.1) is 11.9 Å². The second-order valence-electron chi connectivity index (χ2n) is 8.92. The van der Waals surface area contributed by atoms with Gasteiger partial charge in [-0.1, -0.05) is 66.7 Å². The van der Waals surface area contributed by atoms with Crippen molar-refractivity contribution in [3.8, 4) is 0 Å². The number of hydrogen-bond acceptors (Lipinski definition) is 4. The van der Waals surface area contributed by atoms with Gasteiger partial charge >= 0.3 is 0 Å². The summed E-state index contributed by atoms with van der Waals surface area (Å²) in [4.78, 5) is 28.4. The van der Waals surface area contributed by atoms with Crippen LogP contribution >= 0.6 is 34.8 Å². The Morgan fingerprint density at radius 1 is 1.06 bits per heavy atom. The topological polar surface area (TPSA) is 86.8 Å². The molecular formula is C25H30Cl3N3O4S. The van der Waals surface area contributed by atoms with E-state index in [0.29, 0.717) is 27.1 Å². The number of hydrogen-bond donors (Lipinski definition) is 1. The molecule has 3 rings (SSSR count). The van der Waals surface area contributed by atoms with E-state index in [1.807, 2.05) is 6.92 Å². The summed E-state index contributed by atoms with van der Waals surface area (Å²) >= 11 is 18.5. The number of carbonyl (C=O) groups is 2. The molecule has 196 valence electrons. The number of carbonyl (C=O) groups excluding carboxylic acids is 2. The first-order chi connectivity index (χ1) is 17.0. The van der Waals surface area contributed by atoms with E-state index in [1.54, 1.807) is 36.4 Å². The van der Waals surface area contributed by atoms with Crippen LogP contribution in [0.1, 0.15) is 44.6 Å². The monoisotopic (exact) mass is 573 g/mol. The molecule has 1 aliphatic carbocycles. The molecule has 1 saturated carbocycles. The summed E-state index contributed by atoms with van der Waals surface area (Å²) in [7, 11) is -3.84. The zero-order valence-corrected chi connectivity index (χ0v) is 23.3. The summed E-state index contributed by atoms with van der Waals surface area (Å²) in [6.07, 6.45) is 5.25. The summed E-state index contributed by atoms with van der Waals surface area (Å²) in [6.45, 7) is 1.32. The van der Waals surface area contributed by atoms with Crippen molar-refractivity contribution in [2.45, 2.75) is 57.7 Å². The zero-order chi connectivity index (χ0) is 26.5. The molecule has 1 atom stereocenters. The zero-order valence-electron chi connectivity index (χ0n) is 20.2. The van der Waals surface area contributed by atoms with E-state index in [2.05, 4.69) is 5.32 Å². The van der Waals surface area contributed by atoms with Crippen LogP contribution in [-0.2, 0) is 26.2 Å². The lowest BCUT2D eigenvalue weighted by Gasteiger charge is -2.33. The van der Waals surface area contributed by atoms with Gasteiger partial charge in [-0.05, 0) is 55.2 Å². The number of benzene rings is 2. The Kier molecular flexibility index (Phi) is 9.92. The van der Waals surface area contributed by atoms with Crippen molar-refractivity contribution in [1.29, 1.82) is 0 Å². The molecule has 0 heterocycles. The van der Waals surface area contributed by atoms with Crippen LogP contribution in [-0.4, -0.2) is 50.0 Å². The lowest BCUT2D eigenvalue weighted by Crippen LogP contribution is -2.53. The maximum absolute atomic E-state index is 13.7. The quantitative estimate of drug-likeness (QED) is 0.418. The molecule has 0 unspecified atom stereocenters. The average molecular weight is 575 g/mol. The maximum Gasteiger partial charge on any atom is 0.244 e. The van der Waals surface area contributed by atoms with E-state index in [9.17, 15) is 18.0 Å². The Hall–Kier alpha value is -2.00. The summed E-state index contributed by atoms with van der Waals surface area (Å²) in [5.74, 6) is -0.809. The van der Waals surface area contributed by atoms with Gasteiger partial charge in [0.1, 0.15) is 12.6 Å². The van der Waals surface area contributed by atoms with Gasteiger partial charge in [-0.2, -0.15) is 0 Å². The number of nitrogens with one attached hydrogen (secondary N) is 1. The van der Waals surface area contributed by atoms with Crippen molar-refractivity contribution in [3.63, 3.8) is 0 Å². The minimum atomic E-state index is -3.84. The Morgan fingerprint density at radius 3 is 2.31 bits per heavy atom. The maximum atomic E-state index is 13.7. The number of sulfonamides is 1. The van der Waals surface area contributed by atoms with Gasteiger partial charge in [-0.15, -0.1) is 0 Å². The molecule has 1 aliphatic rings. The normalized spacial score (nSPS) is 14.9. The standard InChI is InChI=1S/C25H30Cl3N3O4S/c1-3-23(25(33)29-20-8-4-5-9-20)30(15-17-11-12-19(27)14-22(17)28)24(32)16-31(36(2,34)35)21-10-6-7-18(26)13-21/h6-7,10-14,20,23H,3-5,8-9,15-16H2,1-2H3,(H,29,33)/t23-/m1/s1. The van der Waals surface area contributed by atoms with E-state index in [-0.39, 0.29) is 24.2 Å². The molecule has 2 aromatic rings. The summed E-state index contributed by atoms with van der Waals surface area (Å²) in [5, 5.41) is 4.19. The van der Waals surface area contributed by atoms with Gasteiger partial charge in [0.25, 0.3) is 0 Å². The molecule has 0 spiro atoms. The second-order valence-corrected chi connectivity index (χ2v) is 12.1. The average Bonchev–Trinajstić information content (AvgIpc) is 3.30. The van der Waals surface area contributed by atoms with Gasteiger partial charge in [-0.25, -0.2) is 8.42 Å². The fourth-order valence-electron chi connectivity index (χ4n) is 4.37. The SMILES string of the molecule is CC[C@H](C(=O)NC1CCCC1)N(Cc1ccc(Cl)cc1Cl)C(=O)CN(c1cccc(Cl)c1)S(C)(=O)=O. The molecule has 1 N–H and O–H groups in total. The first-order valence-electron chi connectivity index (χ1n) is 11.8. The highest BCUT2D eigenvalue weighted by Gasteiger charge is 2.33. The van der Waals surface area contributed by atoms with Gasteiger partial charge in [-0.3, -0.25) is 13.9 Å². The highest BCUT2D eigenvalue weighted by molar-refractivity contribution is 7.92. The Balaban J connectivity index is 1.95. The van der Waals surface area contributed by atoms with E-state index in [4.69, 9.17) is 34.8 Å². The van der Waals surface area contributed by atoms with Crippen molar-refractivity contribution in [2.24, 2.45) is 0 Å². The summed E-state index contributed by atoms with van der Waals surface area (Å²) < 4.78 is 26.3. The molecule has 36 heavy (non-hydrogen) atoms. The van der Waals surface area contributed by atoms with Crippen LogP contribution in [0.5, 0.6) is 0 Å². The van der Waals surface area contributed by atoms with Gasteiger partial charge < -0.3 is 10.2 Å².